The van der Waals surface area contributed by atoms with E-state index in [-0.39, 0.29) is 0 Å². The Morgan fingerprint density at radius 2 is 2.00 bits per heavy atom. The Balaban J connectivity index is 2.63. The van der Waals surface area contributed by atoms with Crippen LogP contribution in [0.25, 0.3) is 0 Å². The zero-order valence-corrected chi connectivity index (χ0v) is 6.72. The van der Waals surface area contributed by atoms with E-state index in [2.05, 4.69) is 28.4 Å². The van der Waals surface area contributed by atoms with E-state index in [1.807, 2.05) is 0 Å². The van der Waals surface area contributed by atoms with Gasteiger partial charge in [0.25, 0.3) is 0 Å². The number of thiol groups is 1. The highest BCUT2D eigenvalue weighted by Gasteiger charge is 1.80. The van der Waals surface area contributed by atoms with E-state index in [0.717, 1.165) is 0 Å². The lowest BCUT2D eigenvalue weighted by molar-refractivity contribution is 1.57. The molecule has 0 aliphatic carbocycles. The van der Waals surface area contributed by atoms with E-state index in [0.29, 0.717) is 10.9 Å². The number of hydrogen-bond donors (Lipinski definition) is 1. The van der Waals surface area contributed by atoms with Crippen LogP contribution in [-0.2, 0) is 0 Å². The molecule has 0 rings (SSSR count). The lowest BCUT2D eigenvalue weighted by Gasteiger charge is -2.02. The van der Waals surface area contributed by atoms with Crippen LogP contribution in [0.1, 0.15) is 0 Å². The molecular formula is C4H11BrS. The summed E-state index contributed by atoms with van der Waals surface area (Å²) >= 11 is 3.37. The van der Waals surface area contributed by atoms with Gasteiger partial charge in [-0.1, -0.05) is 15.9 Å². The molecule has 2 heteroatoms. The Labute approximate surface area is 50.8 Å². The highest BCUT2D eigenvalue weighted by Crippen LogP contribution is 2.12. The average molecular weight is 171 g/mol. The molecule has 0 aromatic carbocycles. The molecule has 0 bridgehead atoms. The van der Waals surface area contributed by atoms with E-state index < -0.39 is 0 Å². The van der Waals surface area contributed by atoms with E-state index >= 15 is 0 Å². The summed E-state index contributed by atoms with van der Waals surface area (Å²) in [6, 6.07) is 0. The second kappa shape index (κ2) is 4.00. The Morgan fingerprint density at radius 3 is 2.00 bits per heavy atom. The first-order valence-electron chi connectivity index (χ1n) is 1.98. The van der Waals surface area contributed by atoms with Gasteiger partial charge in [0.2, 0.25) is 0 Å². The highest BCUT2D eigenvalue weighted by molar-refractivity contribution is 9.09. The van der Waals surface area contributed by atoms with Crippen molar-refractivity contribution in [3.05, 3.63) is 0 Å². The molecule has 0 atom stereocenters. The van der Waals surface area contributed by atoms with Gasteiger partial charge >= 0.3 is 0 Å². The molecule has 0 spiro atoms. The van der Waals surface area contributed by atoms with Crippen molar-refractivity contribution in [1.29, 1.82) is 0 Å². The number of hydrogen-bond acceptors (Lipinski definition) is 0. The second-order valence-electron chi connectivity index (χ2n) is 1.49. The van der Waals surface area contributed by atoms with E-state index in [9.17, 15) is 0 Å². The van der Waals surface area contributed by atoms with E-state index in [4.69, 9.17) is 0 Å². The fourth-order valence-electron chi connectivity index (χ4n) is 0.169. The Kier molecular flexibility index (Phi) is 4.56. The maximum absolute atomic E-state index is 3.37. The normalized spacial score (nSPS) is 11.5. The van der Waals surface area contributed by atoms with Crippen molar-refractivity contribution in [3.8, 4) is 0 Å². The maximum atomic E-state index is 3.37. The largest absolute Gasteiger partial charge is 0.258 e. The lowest BCUT2D eigenvalue weighted by atomic mass is 11.0. The fourth-order valence-corrected chi connectivity index (χ4v) is 2.63. The van der Waals surface area contributed by atoms with Crippen molar-refractivity contribution in [2.75, 3.05) is 23.6 Å². The fraction of sp³-hybridized carbons (Fsp3) is 1.00. The lowest BCUT2D eigenvalue weighted by Crippen LogP contribution is -1.82. The van der Waals surface area contributed by atoms with Gasteiger partial charge in [0.15, 0.2) is 0 Å². The zero-order chi connectivity index (χ0) is 4.99. The van der Waals surface area contributed by atoms with Gasteiger partial charge in [-0.2, -0.15) is 0 Å². The molecule has 0 saturated heterocycles. The van der Waals surface area contributed by atoms with Gasteiger partial charge in [-0.05, 0) is 18.3 Å². The van der Waals surface area contributed by atoms with Crippen molar-refractivity contribution in [1.82, 2.24) is 0 Å². The number of alkyl halides is 1. The van der Waals surface area contributed by atoms with E-state index in [1.54, 1.807) is 0 Å². The van der Waals surface area contributed by atoms with Crippen LogP contribution in [0.4, 0.5) is 0 Å². The highest BCUT2D eigenvalue weighted by atomic mass is 79.9. The van der Waals surface area contributed by atoms with Crippen LogP contribution < -0.4 is 0 Å². The topological polar surface area (TPSA) is 0 Å². The first-order valence-corrected chi connectivity index (χ1v) is 5.52. The summed E-state index contributed by atoms with van der Waals surface area (Å²) in [6.07, 6.45) is 4.58. The van der Waals surface area contributed by atoms with Crippen LogP contribution in [0.3, 0.4) is 0 Å². The summed E-state index contributed by atoms with van der Waals surface area (Å²) in [4.78, 5) is 0. The summed E-state index contributed by atoms with van der Waals surface area (Å²) in [6.45, 7) is 0. The molecule has 6 heavy (non-hydrogen) atoms. The smallest absolute Gasteiger partial charge is 0.0105 e. The first-order chi connectivity index (χ1) is 2.77. The number of halogens is 1. The molecule has 40 valence electrons. The van der Waals surface area contributed by atoms with Gasteiger partial charge in [-0.25, -0.2) is 0 Å². The molecule has 0 nitrogen and oxygen atoms in total. The minimum Gasteiger partial charge on any atom is -0.258 e. The zero-order valence-electron chi connectivity index (χ0n) is 4.24. The minimum absolute atomic E-state index is 0.353. The van der Waals surface area contributed by atoms with Gasteiger partial charge in [0, 0.05) is 5.33 Å². The SMILES string of the molecule is C[SH](C)CCBr. The van der Waals surface area contributed by atoms with Gasteiger partial charge in [0.1, 0.15) is 0 Å². The average Bonchev–Trinajstić information content (AvgIpc) is 1.35. The van der Waals surface area contributed by atoms with Crippen molar-refractivity contribution in [3.63, 3.8) is 0 Å². The Bertz CT molecular complexity index is 28.7. The molecular weight excluding hydrogens is 160 g/mol. The third-order valence-corrected chi connectivity index (χ3v) is 2.66. The van der Waals surface area contributed by atoms with Gasteiger partial charge in [-0.15, -0.1) is 0 Å². The number of rotatable bonds is 2. The summed E-state index contributed by atoms with van der Waals surface area (Å²) in [5, 5.41) is 1.17. The van der Waals surface area contributed by atoms with Crippen molar-refractivity contribution in [2.24, 2.45) is 0 Å². The van der Waals surface area contributed by atoms with Crippen LogP contribution in [-0.4, -0.2) is 23.6 Å². The molecule has 0 saturated carbocycles. The standard InChI is InChI=1S/C4H11BrS/c1-6(2)4-3-5/h6H,3-4H2,1-2H3. The molecule has 0 fully saturated rings. The second-order valence-corrected chi connectivity index (χ2v) is 4.89. The van der Waals surface area contributed by atoms with Gasteiger partial charge < -0.3 is 0 Å². The predicted molar refractivity (Wildman–Crippen MR) is 39.5 cm³/mol. The molecule has 0 heterocycles. The van der Waals surface area contributed by atoms with Crippen LogP contribution in [0.2, 0.25) is 0 Å². The van der Waals surface area contributed by atoms with Crippen LogP contribution in [0.15, 0.2) is 0 Å². The molecule has 0 amide bonds. The summed E-state index contributed by atoms with van der Waals surface area (Å²) in [5.41, 5.74) is 0. The van der Waals surface area contributed by atoms with Crippen LogP contribution in [0, 0.1) is 0 Å². The third-order valence-electron chi connectivity index (χ3n) is 0.532. The summed E-state index contributed by atoms with van der Waals surface area (Å²) in [7, 11) is 0.353. The first kappa shape index (κ1) is 6.83. The molecule has 0 aromatic heterocycles. The molecule has 0 N–H and O–H groups in total. The molecule has 0 aliphatic heterocycles. The molecule has 0 radical (unpaired) electrons. The monoisotopic (exact) mass is 170 g/mol. The van der Waals surface area contributed by atoms with Crippen molar-refractivity contribution < 1.29 is 0 Å². The van der Waals surface area contributed by atoms with Crippen LogP contribution in [0.5, 0.6) is 0 Å². The van der Waals surface area contributed by atoms with Crippen molar-refractivity contribution in [2.45, 2.75) is 0 Å². The quantitative estimate of drug-likeness (QED) is 0.474. The van der Waals surface area contributed by atoms with Gasteiger partial charge in [-0.3, -0.25) is 10.9 Å². The summed E-state index contributed by atoms with van der Waals surface area (Å²) in [5.74, 6) is 1.36. The molecule has 0 unspecified atom stereocenters. The maximum Gasteiger partial charge on any atom is 0.0105 e. The Morgan fingerprint density at radius 1 is 1.50 bits per heavy atom. The van der Waals surface area contributed by atoms with Crippen molar-refractivity contribution >= 4 is 26.8 Å². The third kappa shape index (κ3) is 4.83. The Hall–Kier alpha value is 0.830. The summed E-state index contributed by atoms with van der Waals surface area (Å²) < 4.78 is 0. The van der Waals surface area contributed by atoms with Gasteiger partial charge in [0.05, 0.1) is 0 Å². The molecule has 0 aromatic rings. The van der Waals surface area contributed by atoms with Crippen LogP contribution >= 0.6 is 26.8 Å². The van der Waals surface area contributed by atoms with E-state index in [1.165, 1.54) is 11.1 Å². The molecule has 0 aliphatic rings. The minimum atomic E-state index is 0.353. The predicted octanol–water partition coefficient (Wildman–Crippen LogP) is 1.64.